The van der Waals surface area contributed by atoms with Gasteiger partial charge in [0.15, 0.2) is 0 Å². The second-order valence-corrected chi connectivity index (χ2v) is 4.74. The quantitative estimate of drug-likeness (QED) is 0.837. The fourth-order valence-corrected chi connectivity index (χ4v) is 2.17. The molecule has 1 aliphatic heterocycles. The number of aromatic hydroxyl groups is 1. The molecule has 0 aliphatic carbocycles. The first-order chi connectivity index (χ1) is 9.04. The van der Waals surface area contributed by atoms with Gasteiger partial charge in [-0.15, -0.1) is 0 Å². The van der Waals surface area contributed by atoms with Gasteiger partial charge in [0, 0.05) is 25.3 Å². The van der Waals surface area contributed by atoms with Crippen molar-refractivity contribution in [2.75, 3.05) is 19.7 Å². The Morgan fingerprint density at radius 3 is 3.11 bits per heavy atom. The number of rotatable bonds is 4. The number of carboxylic acid groups (broad SMARTS) is 1. The molecule has 1 atom stereocenters. The lowest BCUT2D eigenvalue weighted by atomic mass is 10.2. The van der Waals surface area contributed by atoms with Crippen LogP contribution in [0.2, 0.25) is 0 Å². The van der Waals surface area contributed by atoms with E-state index in [1.54, 1.807) is 12.1 Å². The predicted octanol–water partition coefficient (Wildman–Crippen LogP) is 0.771. The summed E-state index contributed by atoms with van der Waals surface area (Å²) < 4.78 is 5.41. The van der Waals surface area contributed by atoms with E-state index < -0.39 is 5.97 Å². The lowest BCUT2D eigenvalue weighted by Gasteiger charge is -2.32. The first-order valence-electron chi connectivity index (χ1n) is 6.26. The Labute approximate surface area is 111 Å². The summed E-state index contributed by atoms with van der Waals surface area (Å²) in [6.07, 6.45) is -0.290. The minimum Gasteiger partial charge on any atom is -0.506 e. The van der Waals surface area contributed by atoms with Crippen LogP contribution in [0.25, 0.3) is 0 Å². The Kier molecular flexibility index (Phi) is 4.34. The van der Waals surface area contributed by atoms with Crippen molar-refractivity contribution >= 4 is 5.97 Å². The second kappa shape index (κ2) is 5.99. The molecule has 1 aliphatic rings. The second-order valence-electron chi connectivity index (χ2n) is 4.74. The number of hydrogen-bond acceptors (Lipinski definition) is 5. The molecule has 2 rings (SSSR count). The van der Waals surface area contributed by atoms with Crippen LogP contribution in [0.5, 0.6) is 5.75 Å². The van der Waals surface area contributed by atoms with Gasteiger partial charge < -0.3 is 14.9 Å². The number of hydrogen-bond donors (Lipinski definition) is 2. The highest BCUT2D eigenvalue weighted by Crippen LogP contribution is 2.18. The molecule has 0 aromatic carbocycles. The van der Waals surface area contributed by atoms with Crippen LogP contribution in [0.15, 0.2) is 12.1 Å². The maximum Gasteiger partial charge on any atom is 0.306 e. The van der Waals surface area contributed by atoms with Crippen LogP contribution in [-0.4, -0.2) is 51.9 Å². The van der Waals surface area contributed by atoms with Crippen LogP contribution in [0.3, 0.4) is 0 Å². The average Bonchev–Trinajstić information content (AvgIpc) is 2.33. The van der Waals surface area contributed by atoms with Crippen molar-refractivity contribution in [3.63, 3.8) is 0 Å². The van der Waals surface area contributed by atoms with E-state index in [2.05, 4.69) is 9.88 Å². The van der Waals surface area contributed by atoms with Gasteiger partial charge in [-0.25, -0.2) is 0 Å². The van der Waals surface area contributed by atoms with Crippen molar-refractivity contribution in [1.29, 1.82) is 0 Å². The van der Waals surface area contributed by atoms with Gasteiger partial charge in [-0.2, -0.15) is 0 Å². The molecule has 0 spiro atoms. The number of carbonyl (C=O) groups is 1. The monoisotopic (exact) mass is 266 g/mol. The minimum absolute atomic E-state index is 0.00370. The number of ether oxygens (including phenoxy) is 1. The lowest BCUT2D eigenvalue weighted by Crippen LogP contribution is -2.42. The molecule has 1 fully saturated rings. The topological polar surface area (TPSA) is 82.9 Å². The molecular weight excluding hydrogens is 248 g/mol. The SMILES string of the molecule is Cc1ccc(O)c(CN2CCOC(CC(=O)O)C2)n1. The molecule has 1 unspecified atom stereocenters. The van der Waals surface area contributed by atoms with Crippen molar-refractivity contribution in [3.05, 3.63) is 23.5 Å². The molecule has 1 aromatic rings. The number of aliphatic carboxylic acids is 1. The fraction of sp³-hybridized carbons (Fsp3) is 0.538. The molecule has 0 saturated carbocycles. The average molecular weight is 266 g/mol. The Hall–Kier alpha value is -1.66. The van der Waals surface area contributed by atoms with Crippen LogP contribution in [-0.2, 0) is 16.1 Å². The summed E-state index contributed by atoms with van der Waals surface area (Å²) in [5, 5.41) is 18.5. The molecule has 104 valence electrons. The fourth-order valence-electron chi connectivity index (χ4n) is 2.17. The Bertz CT molecular complexity index is 464. The van der Waals surface area contributed by atoms with E-state index in [1.807, 2.05) is 6.92 Å². The van der Waals surface area contributed by atoms with Crippen molar-refractivity contribution < 1.29 is 19.7 Å². The zero-order valence-electron chi connectivity index (χ0n) is 10.9. The van der Waals surface area contributed by atoms with Gasteiger partial charge in [0.2, 0.25) is 0 Å². The van der Waals surface area contributed by atoms with Gasteiger partial charge in [0.1, 0.15) is 5.75 Å². The summed E-state index contributed by atoms with van der Waals surface area (Å²) in [5.41, 5.74) is 1.47. The Morgan fingerprint density at radius 2 is 2.37 bits per heavy atom. The van der Waals surface area contributed by atoms with Crippen LogP contribution >= 0.6 is 0 Å². The van der Waals surface area contributed by atoms with Gasteiger partial charge in [0.05, 0.1) is 24.8 Å². The lowest BCUT2D eigenvalue weighted by molar-refractivity contribution is -0.142. The molecular formula is C13H18N2O4. The first-order valence-corrected chi connectivity index (χ1v) is 6.26. The van der Waals surface area contributed by atoms with E-state index >= 15 is 0 Å². The molecule has 2 heterocycles. The molecule has 0 amide bonds. The minimum atomic E-state index is -0.858. The van der Waals surface area contributed by atoms with Crippen LogP contribution in [0, 0.1) is 6.92 Å². The standard InChI is InChI=1S/C13H18N2O4/c1-9-2-3-12(16)11(14-9)8-15-4-5-19-10(7-15)6-13(17)18/h2-3,10,16H,4-8H2,1H3,(H,17,18). The van der Waals surface area contributed by atoms with Gasteiger partial charge >= 0.3 is 5.97 Å². The highest BCUT2D eigenvalue weighted by molar-refractivity contribution is 5.67. The van der Waals surface area contributed by atoms with E-state index in [-0.39, 0.29) is 18.3 Å². The summed E-state index contributed by atoms with van der Waals surface area (Å²) in [6, 6.07) is 3.39. The van der Waals surface area contributed by atoms with Crippen molar-refractivity contribution in [1.82, 2.24) is 9.88 Å². The zero-order chi connectivity index (χ0) is 13.8. The number of pyridine rings is 1. The van der Waals surface area contributed by atoms with Crippen molar-refractivity contribution in [3.8, 4) is 5.75 Å². The molecule has 19 heavy (non-hydrogen) atoms. The summed E-state index contributed by atoms with van der Waals surface area (Å²) in [7, 11) is 0. The molecule has 0 bridgehead atoms. The number of carboxylic acids is 1. The smallest absolute Gasteiger partial charge is 0.306 e. The molecule has 1 saturated heterocycles. The third kappa shape index (κ3) is 3.90. The predicted molar refractivity (Wildman–Crippen MR) is 67.9 cm³/mol. The summed E-state index contributed by atoms with van der Waals surface area (Å²) in [5.74, 6) is -0.685. The van der Waals surface area contributed by atoms with Gasteiger partial charge in [-0.05, 0) is 19.1 Å². The molecule has 2 N–H and O–H groups in total. The number of aromatic nitrogens is 1. The van der Waals surface area contributed by atoms with Crippen LogP contribution < -0.4 is 0 Å². The summed E-state index contributed by atoms with van der Waals surface area (Å²) in [4.78, 5) is 17.0. The van der Waals surface area contributed by atoms with E-state index in [1.165, 1.54) is 0 Å². The summed E-state index contributed by atoms with van der Waals surface area (Å²) in [6.45, 7) is 4.14. The maximum atomic E-state index is 10.7. The number of morpholine rings is 1. The highest BCUT2D eigenvalue weighted by atomic mass is 16.5. The van der Waals surface area contributed by atoms with Gasteiger partial charge in [-0.3, -0.25) is 14.7 Å². The Balaban J connectivity index is 1.98. The van der Waals surface area contributed by atoms with E-state index in [4.69, 9.17) is 9.84 Å². The molecule has 6 heteroatoms. The maximum absolute atomic E-state index is 10.7. The first kappa shape index (κ1) is 13.8. The summed E-state index contributed by atoms with van der Waals surface area (Å²) >= 11 is 0. The normalized spacial score (nSPS) is 20.4. The van der Waals surface area contributed by atoms with E-state index in [9.17, 15) is 9.90 Å². The highest BCUT2D eigenvalue weighted by Gasteiger charge is 2.23. The van der Waals surface area contributed by atoms with Crippen LogP contribution in [0.1, 0.15) is 17.8 Å². The molecule has 1 aromatic heterocycles. The van der Waals surface area contributed by atoms with Crippen molar-refractivity contribution in [2.24, 2.45) is 0 Å². The number of nitrogens with zero attached hydrogens (tertiary/aromatic N) is 2. The third-order valence-corrected chi connectivity index (χ3v) is 3.09. The largest absolute Gasteiger partial charge is 0.506 e. The number of aryl methyl sites for hydroxylation is 1. The van der Waals surface area contributed by atoms with Gasteiger partial charge in [0.25, 0.3) is 0 Å². The zero-order valence-corrected chi connectivity index (χ0v) is 10.9. The van der Waals surface area contributed by atoms with Crippen LogP contribution in [0.4, 0.5) is 0 Å². The van der Waals surface area contributed by atoms with Gasteiger partial charge in [-0.1, -0.05) is 0 Å². The van der Waals surface area contributed by atoms with E-state index in [0.717, 1.165) is 5.69 Å². The van der Waals surface area contributed by atoms with E-state index in [0.29, 0.717) is 31.9 Å². The third-order valence-electron chi connectivity index (χ3n) is 3.09. The van der Waals surface area contributed by atoms with Crippen molar-refractivity contribution in [2.45, 2.75) is 26.0 Å². The Morgan fingerprint density at radius 1 is 1.58 bits per heavy atom. The molecule has 0 radical (unpaired) electrons. The molecule has 6 nitrogen and oxygen atoms in total.